The van der Waals surface area contributed by atoms with Crippen LogP contribution in [-0.4, -0.2) is 24.0 Å². The molecule has 4 rings (SSSR count). The highest BCUT2D eigenvalue weighted by Gasteiger charge is 2.40. The Labute approximate surface area is 159 Å². The van der Waals surface area contributed by atoms with Crippen LogP contribution < -0.4 is 20.9 Å². The smallest absolute Gasteiger partial charge is 0.239 e. The maximum absolute atomic E-state index is 13.0. The second kappa shape index (κ2) is 7.66. The molecule has 142 valence electrons. The minimum atomic E-state index is -0.309. The lowest BCUT2D eigenvalue weighted by Crippen LogP contribution is -2.51. The summed E-state index contributed by atoms with van der Waals surface area (Å²) in [4.78, 5) is 17.4. The lowest BCUT2D eigenvalue weighted by molar-refractivity contribution is -0.125. The topological polar surface area (TPSA) is 75.3 Å². The Hall–Kier alpha value is -2.44. The summed E-state index contributed by atoms with van der Waals surface area (Å²) in [5.74, 6) is 0.856. The van der Waals surface area contributed by atoms with E-state index in [1.165, 1.54) is 0 Å². The molecule has 2 aromatic rings. The third kappa shape index (κ3) is 3.68. The predicted molar refractivity (Wildman–Crippen MR) is 103 cm³/mol. The van der Waals surface area contributed by atoms with E-state index in [1.54, 1.807) is 13.3 Å². The van der Waals surface area contributed by atoms with Crippen molar-refractivity contribution in [2.24, 2.45) is 0 Å². The van der Waals surface area contributed by atoms with Gasteiger partial charge in [0.15, 0.2) is 0 Å². The Morgan fingerprint density at radius 2 is 2.04 bits per heavy atom. The number of carbonyl (C=O) groups excluding carboxylic acids is 1. The van der Waals surface area contributed by atoms with Gasteiger partial charge in [-0.05, 0) is 49.1 Å². The maximum Gasteiger partial charge on any atom is 0.239 e. The molecule has 1 aromatic heterocycles. The quantitative estimate of drug-likeness (QED) is 0.758. The van der Waals surface area contributed by atoms with E-state index >= 15 is 0 Å². The molecule has 2 heterocycles. The fourth-order valence-corrected chi connectivity index (χ4v) is 4.21. The molecular formula is C21H26N4O2. The predicted octanol–water partition coefficient (Wildman–Crippen LogP) is 2.58. The van der Waals surface area contributed by atoms with E-state index in [-0.39, 0.29) is 23.5 Å². The number of ether oxygens (including phenoxy) is 1. The summed E-state index contributed by atoms with van der Waals surface area (Å²) in [5, 5.41) is 3.36. The van der Waals surface area contributed by atoms with E-state index in [1.807, 2.05) is 36.4 Å². The Balaban J connectivity index is 1.48. The normalized spacial score (nSPS) is 23.9. The van der Waals surface area contributed by atoms with Crippen LogP contribution in [0, 0.1) is 0 Å². The lowest BCUT2D eigenvalue weighted by atomic mass is 9.87. The van der Waals surface area contributed by atoms with Crippen molar-refractivity contribution < 1.29 is 9.53 Å². The number of pyridine rings is 1. The molecule has 2 atom stereocenters. The van der Waals surface area contributed by atoms with Crippen LogP contribution in [0.4, 0.5) is 0 Å². The van der Waals surface area contributed by atoms with Crippen LogP contribution in [-0.2, 0) is 10.3 Å². The van der Waals surface area contributed by atoms with Gasteiger partial charge in [0.2, 0.25) is 5.91 Å². The third-order valence-electron chi connectivity index (χ3n) is 5.71. The van der Waals surface area contributed by atoms with Gasteiger partial charge >= 0.3 is 0 Å². The van der Waals surface area contributed by atoms with Crippen LogP contribution in [0.1, 0.15) is 49.4 Å². The minimum Gasteiger partial charge on any atom is -0.497 e. The van der Waals surface area contributed by atoms with E-state index in [2.05, 4.69) is 27.2 Å². The van der Waals surface area contributed by atoms with Gasteiger partial charge in [0.05, 0.1) is 24.4 Å². The highest BCUT2D eigenvalue weighted by atomic mass is 16.5. The van der Waals surface area contributed by atoms with Crippen molar-refractivity contribution >= 4 is 5.91 Å². The number of amides is 1. The summed E-state index contributed by atoms with van der Waals surface area (Å²) in [7, 11) is 1.67. The number of aromatic nitrogens is 1. The van der Waals surface area contributed by atoms with Crippen molar-refractivity contribution in [2.75, 3.05) is 7.11 Å². The first-order valence-corrected chi connectivity index (χ1v) is 9.59. The second-order valence-corrected chi connectivity index (χ2v) is 7.39. The van der Waals surface area contributed by atoms with Crippen molar-refractivity contribution in [1.82, 2.24) is 21.2 Å². The van der Waals surface area contributed by atoms with Crippen LogP contribution in [0.25, 0.3) is 0 Å². The van der Waals surface area contributed by atoms with Gasteiger partial charge in [-0.3, -0.25) is 9.78 Å². The molecule has 1 amide bonds. The number of methoxy groups -OCH3 is 1. The number of hydrazine groups is 1. The van der Waals surface area contributed by atoms with Gasteiger partial charge in [0.25, 0.3) is 0 Å². The van der Waals surface area contributed by atoms with Crippen LogP contribution in [0.5, 0.6) is 5.75 Å². The van der Waals surface area contributed by atoms with Crippen molar-refractivity contribution in [3.8, 4) is 5.75 Å². The van der Waals surface area contributed by atoms with Crippen molar-refractivity contribution in [2.45, 2.75) is 49.7 Å². The van der Waals surface area contributed by atoms with Crippen molar-refractivity contribution in [3.05, 3.63) is 59.9 Å². The van der Waals surface area contributed by atoms with Crippen LogP contribution in [0.2, 0.25) is 0 Å². The van der Waals surface area contributed by atoms with E-state index in [9.17, 15) is 4.79 Å². The zero-order chi connectivity index (χ0) is 18.7. The first-order chi connectivity index (χ1) is 13.2. The van der Waals surface area contributed by atoms with E-state index < -0.39 is 0 Å². The highest BCUT2D eigenvalue weighted by Crippen LogP contribution is 2.40. The molecule has 6 heteroatoms. The molecule has 0 radical (unpaired) electrons. The number of carbonyl (C=O) groups is 1. The summed E-state index contributed by atoms with van der Waals surface area (Å²) in [6, 6.07) is 13.7. The minimum absolute atomic E-state index is 0.0330. The number of hydrogen-bond donors (Lipinski definition) is 3. The average Bonchev–Trinajstić information content (AvgIpc) is 3.39. The molecule has 1 aliphatic carbocycles. The molecule has 1 saturated carbocycles. The fraction of sp³-hybridized carbons (Fsp3) is 0.429. The molecule has 1 saturated heterocycles. The molecule has 1 aliphatic heterocycles. The van der Waals surface area contributed by atoms with Gasteiger partial charge in [0.1, 0.15) is 11.8 Å². The Bertz CT molecular complexity index is 790. The summed E-state index contributed by atoms with van der Waals surface area (Å²) in [6.45, 7) is 0. The SMILES string of the molecule is COc1cccc(C2(NC(=O)C3CC(c4ccccn4)NN3)CCCC2)c1. The monoisotopic (exact) mass is 366 g/mol. The molecular weight excluding hydrogens is 340 g/mol. The summed E-state index contributed by atoms with van der Waals surface area (Å²) in [6.07, 6.45) is 6.60. The van der Waals surface area contributed by atoms with Gasteiger partial charge in [-0.2, -0.15) is 0 Å². The number of hydrogen-bond acceptors (Lipinski definition) is 5. The second-order valence-electron chi connectivity index (χ2n) is 7.39. The fourth-order valence-electron chi connectivity index (χ4n) is 4.21. The van der Waals surface area contributed by atoms with Gasteiger partial charge in [-0.15, -0.1) is 0 Å². The van der Waals surface area contributed by atoms with E-state index in [0.717, 1.165) is 42.7 Å². The highest BCUT2D eigenvalue weighted by molar-refractivity contribution is 5.83. The first kappa shape index (κ1) is 17.9. The van der Waals surface area contributed by atoms with Gasteiger partial charge in [0, 0.05) is 6.20 Å². The molecule has 27 heavy (non-hydrogen) atoms. The van der Waals surface area contributed by atoms with Gasteiger partial charge < -0.3 is 10.1 Å². The summed E-state index contributed by atoms with van der Waals surface area (Å²) in [5.41, 5.74) is 8.11. The van der Waals surface area contributed by atoms with Gasteiger partial charge in [-0.25, -0.2) is 10.9 Å². The third-order valence-corrected chi connectivity index (χ3v) is 5.71. The molecule has 0 bridgehead atoms. The number of rotatable bonds is 5. The Morgan fingerprint density at radius 1 is 1.19 bits per heavy atom. The molecule has 3 N–H and O–H groups in total. The van der Waals surface area contributed by atoms with Crippen LogP contribution in [0.3, 0.4) is 0 Å². The molecule has 0 spiro atoms. The van der Waals surface area contributed by atoms with E-state index in [4.69, 9.17) is 4.74 Å². The lowest BCUT2D eigenvalue weighted by Gasteiger charge is -2.32. The zero-order valence-corrected chi connectivity index (χ0v) is 15.6. The molecule has 2 fully saturated rings. The maximum atomic E-state index is 13.0. The Morgan fingerprint density at radius 3 is 2.78 bits per heavy atom. The largest absolute Gasteiger partial charge is 0.497 e. The number of nitrogens with zero attached hydrogens (tertiary/aromatic N) is 1. The molecule has 6 nitrogen and oxygen atoms in total. The molecule has 2 aliphatic rings. The summed E-state index contributed by atoms with van der Waals surface area (Å²) >= 11 is 0. The number of benzene rings is 1. The zero-order valence-electron chi connectivity index (χ0n) is 15.6. The van der Waals surface area contributed by atoms with Crippen LogP contribution >= 0.6 is 0 Å². The molecule has 2 unspecified atom stereocenters. The summed E-state index contributed by atoms with van der Waals surface area (Å²) < 4.78 is 5.39. The van der Waals surface area contributed by atoms with Gasteiger partial charge in [-0.1, -0.05) is 31.0 Å². The Kier molecular flexibility index (Phi) is 5.09. The standard InChI is InChI=1S/C21H26N4O2/c1-27-16-8-6-7-15(13-16)21(10-3-4-11-21)23-20(26)19-14-18(24-25-19)17-9-2-5-12-22-17/h2,5-9,12-13,18-19,24-25H,3-4,10-11,14H2,1H3,(H,23,26). The van der Waals surface area contributed by atoms with Crippen molar-refractivity contribution in [1.29, 1.82) is 0 Å². The molecule has 1 aromatic carbocycles. The van der Waals surface area contributed by atoms with Crippen molar-refractivity contribution in [3.63, 3.8) is 0 Å². The first-order valence-electron chi connectivity index (χ1n) is 9.59. The average molecular weight is 366 g/mol. The number of nitrogens with one attached hydrogen (secondary N) is 3. The van der Waals surface area contributed by atoms with E-state index in [0.29, 0.717) is 6.42 Å². The van der Waals surface area contributed by atoms with Crippen LogP contribution in [0.15, 0.2) is 48.7 Å².